The Balaban J connectivity index is 1.67. The Kier molecular flexibility index (Phi) is 3.64. The van der Waals surface area contributed by atoms with Crippen LogP contribution < -0.4 is 4.74 Å². The van der Waals surface area contributed by atoms with Gasteiger partial charge in [0.15, 0.2) is 0 Å². The molecule has 144 valence electrons. The number of hydrogen-bond donors (Lipinski definition) is 2. The van der Waals surface area contributed by atoms with Crippen LogP contribution in [0.5, 0.6) is 5.75 Å². The second kappa shape index (κ2) is 6.10. The molecule has 2 N–H and O–H groups in total. The van der Waals surface area contributed by atoms with Gasteiger partial charge in [-0.05, 0) is 17.7 Å². The maximum Gasteiger partial charge on any atom is 0.573 e. The Hall–Kier alpha value is -3.81. The first-order chi connectivity index (χ1) is 13.9. The molecule has 5 nitrogen and oxygen atoms in total. The number of imidazole rings is 1. The fourth-order valence-electron chi connectivity index (χ4n) is 3.71. The van der Waals surface area contributed by atoms with Crippen molar-refractivity contribution < 1.29 is 23.1 Å². The molecular weight excluding hydrogens is 383 g/mol. The van der Waals surface area contributed by atoms with E-state index in [0.717, 1.165) is 27.8 Å². The molecule has 0 unspecified atom stereocenters. The standard InChI is InChI=1S/C21H12F3N3O2/c22-21(23,24)29-11-8-9-16-17(10-11)26-20(25-16)15-7-3-6-14-18(15)12-4-1-2-5-13(12)19(14)27-28/h1-10,28H,(H,25,26). The Morgan fingerprint density at radius 3 is 2.38 bits per heavy atom. The van der Waals surface area contributed by atoms with Crippen molar-refractivity contribution in [3.05, 3.63) is 71.8 Å². The summed E-state index contributed by atoms with van der Waals surface area (Å²) in [6.45, 7) is 0. The van der Waals surface area contributed by atoms with Gasteiger partial charge in [-0.15, -0.1) is 13.2 Å². The van der Waals surface area contributed by atoms with Gasteiger partial charge in [-0.2, -0.15) is 0 Å². The van der Waals surface area contributed by atoms with E-state index < -0.39 is 6.36 Å². The van der Waals surface area contributed by atoms with Crippen molar-refractivity contribution in [3.63, 3.8) is 0 Å². The topological polar surface area (TPSA) is 70.5 Å². The van der Waals surface area contributed by atoms with Crippen LogP contribution in [-0.2, 0) is 0 Å². The normalized spacial score (nSPS) is 14.2. The predicted molar refractivity (Wildman–Crippen MR) is 101 cm³/mol. The molecule has 0 bridgehead atoms. The first kappa shape index (κ1) is 17.3. The first-order valence-electron chi connectivity index (χ1n) is 8.66. The van der Waals surface area contributed by atoms with Gasteiger partial charge in [0.2, 0.25) is 0 Å². The zero-order valence-corrected chi connectivity index (χ0v) is 14.7. The third kappa shape index (κ3) is 2.80. The summed E-state index contributed by atoms with van der Waals surface area (Å²) in [5.41, 5.74) is 5.45. The number of H-pyrrole nitrogens is 1. The van der Waals surface area contributed by atoms with Crippen molar-refractivity contribution in [2.45, 2.75) is 6.36 Å². The van der Waals surface area contributed by atoms with Crippen molar-refractivity contribution in [2.75, 3.05) is 0 Å². The molecule has 1 aromatic heterocycles. The number of aromatic nitrogens is 2. The molecule has 0 radical (unpaired) electrons. The predicted octanol–water partition coefficient (Wildman–Crippen LogP) is 5.34. The summed E-state index contributed by atoms with van der Waals surface area (Å²) < 4.78 is 41.4. The van der Waals surface area contributed by atoms with Crippen LogP contribution in [0.3, 0.4) is 0 Å². The fourth-order valence-corrected chi connectivity index (χ4v) is 3.71. The molecule has 0 spiro atoms. The van der Waals surface area contributed by atoms with Crippen LogP contribution >= 0.6 is 0 Å². The number of nitrogens with zero attached hydrogens (tertiary/aromatic N) is 2. The summed E-state index contributed by atoms with van der Waals surface area (Å²) in [5.74, 6) is 0.163. The van der Waals surface area contributed by atoms with Gasteiger partial charge in [0.25, 0.3) is 0 Å². The molecule has 1 aliphatic carbocycles. The van der Waals surface area contributed by atoms with E-state index in [1.807, 2.05) is 42.5 Å². The number of alkyl halides is 3. The van der Waals surface area contributed by atoms with Crippen molar-refractivity contribution in [1.29, 1.82) is 0 Å². The number of ether oxygens (including phenoxy) is 1. The number of rotatable bonds is 2. The number of benzene rings is 3. The third-order valence-electron chi connectivity index (χ3n) is 4.81. The summed E-state index contributed by atoms with van der Waals surface area (Å²) in [6, 6.07) is 17.0. The largest absolute Gasteiger partial charge is 0.573 e. The molecule has 0 amide bonds. The lowest BCUT2D eigenvalue weighted by Crippen LogP contribution is -2.16. The molecule has 0 aliphatic heterocycles. The highest BCUT2D eigenvalue weighted by molar-refractivity contribution is 6.26. The summed E-state index contributed by atoms with van der Waals surface area (Å²) in [5, 5.41) is 13.0. The lowest BCUT2D eigenvalue weighted by molar-refractivity contribution is -0.274. The second-order valence-corrected chi connectivity index (χ2v) is 6.53. The van der Waals surface area contributed by atoms with E-state index in [2.05, 4.69) is 19.9 Å². The molecule has 8 heteroatoms. The van der Waals surface area contributed by atoms with Crippen molar-refractivity contribution in [2.24, 2.45) is 5.16 Å². The Bertz CT molecular complexity index is 1290. The molecule has 0 saturated heterocycles. The van der Waals surface area contributed by atoms with Crippen LogP contribution in [0, 0.1) is 0 Å². The molecule has 5 rings (SSSR count). The molecule has 0 fully saturated rings. The molecule has 29 heavy (non-hydrogen) atoms. The van der Waals surface area contributed by atoms with Gasteiger partial charge in [0.05, 0.1) is 11.0 Å². The highest BCUT2D eigenvalue weighted by atomic mass is 19.4. The fraction of sp³-hybridized carbons (Fsp3) is 0.0476. The van der Waals surface area contributed by atoms with E-state index in [1.165, 1.54) is 18.2 Å². The smallest absolute Gasteiger partial charge is 0.410 e. The van der Waals surface area contributed by atoms with E-state index in [-0.39, 0.29) is 5.75 Å². The highest BCUT2D eigenvalue weighted by Crippen LogP contribution is 2.42. The van der Waals surface area contributed by atoms with Gasteiger partial charge in [-0.3, -0.25) is 0 Å². The van der Waals surface area contributed by atoms with Gasteiger partial charge in [-0.25, -0.2) is 4.98 Å². The summed E-state index contributed by atoms with van der Waals surface area (Å²) in [4.78, 5) is 7.61. The van der Waals surface area contributed by atoms with Crippen molar-refractivity contribution in [3.8, 4) is 28.3 Å². The molecule has 1 aliphatic rings. The summed E-state index contributed by atoms with van der Waals surface area (Å²) >= 11 is 0. The number of hydrogen-bond acceptors (Lipinski definition) is 4. The van der Waals surface area contributed by atoms with Crippen LogP contribution in [0.4, 0.5) is 13.2 Å². The Morgan fingerprint density at radius 1 is 0.897 bits per heavy atom. The average Bonchev–Trinajstić information content (AvgIpc) is 3.25. The van der Waals surface area contributed by atoms with Gasteiger partial charge in [0, 0.05) is 28.3 Å². The number of fused-ring (bicyclic) bond motifs is 4. The van der Waals surface area contributed by atoms with Gasteiger partial charge in [0.1, 0.15) is 17.3 Å². The Labute approximate surface area is 162 Å². The first-order valence-corrected chi connectivity index (χ1v) is 8.66. The number of oxime groups is 1. The average molecular weight is 395 g/mol. The van der Waals surface area contributed by atoms with Crippen LogP contribution in [0.1, 0.15) is 11.1 Å². The quantitative estimate of drug-likeness (QED) is 0.313. The summed E-state index contributed by atoms with van der Waals surface area (Å²) in [7, 11) is 0. The lowest BCUT2D eigenvalue weighted by atomic mass is 9.99. The number of halogens is 3. The zero-order chi connectivity index (χ0) is 20.2. The van der Waals surface area contributed by atoms with E-state index >= 15 is 0 Å². The van der Waals surface area contributed by atoms with Crippen LogP contribution in [-0.4, -0.2) is 27.2 Å². The van der Waals surface area contributed by atoms with Gasteiger partial charge in [-0.1, -0.05) is 47.6 Å². The summed E-state index contributed by atoms with van der Waals surface area (Å²) in [6.07, 6.45) is -4.77. The highest BCUT2D eigenvalue weighted by Gasteiger charge is 2.31. The maximum atomic E-state index is 12.5. The molecule has 1 heterocycles. The van der Waals surface area contributed by atoms with E-state index in [0.29, 0.717) is 22.6 Å². The molecule has 0 atom stereocenters. The number of nitrogens with one attached hydrogen (secondary N) is 1. The van der Waals surface area contributed by atoms with Crippen molar-refractivity contribution in [1.82, 2.24) is 9.97 Å². The van der Waals surface area contributed by atoms with Gasteiger partial charge < -0.3 is 14.9 Å². The minimum absolute atomic E-state index is 0.332. The molecule has 4 aromatic rings. The number of aromatic amines is 1. The van der Waals surface area contributed by atoms with E-state index in [4.69, 9.17) is 0 Å². The van der Waals surface area contributed by atoms with E-state index in [9.17, 15) is 18.4 Å². The minimum atomic E-state index is -4.77. The van der Waals surface area contributed by atoms with Gasteiger partial charge >= 0.3 is 6.36 Å². The molecular formula is C21H12F3N3O2. The van der Waals surface area contributed by atoms with Crippen LogP contribution in [0.25, 0.3) is 33.5 Å². The Morgan fingerprint density at radius 2 is 1.62 bits per heavy atom. The van der Waals surface area contributed by atoms with Crippen molar-refractivity contribution >= 4 is 16.7 Å². The third-order valence-corrected chi connectivity index (χ3v) is 4.81. The molecule has 0 saturated carbocycles. The SMILES string of the molecule is ON=C1c2ccccc2-c2c1cccc2-c1nc2cc(OC(F)(F)F)ccc2[nH]1. The van der Waals surface area contributed by atoms with E-state index in [1.54, 1.807) is 0 Å². The zero-order valence-electron chi connectivity index (χ0n) is 14.7. The maximum absolute atomic E-state index is 12.5. The molecule has 3 aromatic carbocycles. The monoisotopic (exact) mass is 395 g/mol. The lowest BCUT2D eigenvalue weighted by Gasteiger charge is -2.07. The minimum Gasteiger partial charge on any atom is -0.410 e. The van der Waals surface area contributed by atoms with Crippen LogP contribution in [0.15, 0.2) is 65.8 Å². The second-order valence-electron chi connectivity index (χ2n) is 6.53. The van der Waals surface area contributed by atoms with Crippen LogP contribution in [0.2, 0.25) is 0 Å².